The van der Waals surface area contributed by atoms with E-state index in [1.54, 1.807) is 6.07 Å². The molecular formula is C14H23FN2. The summed E-state index contributed by atoms with van der Waals surface area (Å²) in [5.74, 6) is 0.338. The Morgan fingerprint density at radius 2 is 1.94 bits per heavy atom. The number of anilines is 1. The highest BCUT2D eigenvalue weighted by Gasteiger charge is 2.12. The summed E-state index contributed by atoms with van der Waals surface area (Å²) in [5.41, 5.74) is 7.25. The predicted octanol–water partition coefficient (Wildman–Crippen LogP) is 3.33. The van der Waals surface area contributed by atoms with Gasteiger partial charge in [-0.1, -0.05) is 19.9 Å². The van der Waals surface area contributed by atoms with Crippen LogP contribution in [0.25, 0.3) is 0 Å². The molecule has 0 aliphatic rings. The second-order valence-corrected chi connectivity index (χ2v) is 4.93. The molecular weight excluding hydrogens is 215 g/mol. The normalized spacial score (nSPS) is 12.9. The average molecular weight is 238 g/mol. The van der Waals surface area contributed by atoms with Crippen LogP contribution in [0.15, 0.2) is 18.2 Å². The van der Waals surface area contributed by atoms with Gasteiger partial charge in [0.15, 0.2) is 0 Å². The SMILES string of the molecule is CCN(CC(C)C)c1ccc([C@@H](C)N)cc1F. The molecule has 17 heavy (non-hydrogen) atoms. The molecule has 0 saturated carbocycles. The molecule has 1 aromatic carbocycles. The Balaban J connectivity index is 2.96. The Morgan fingerprint density at radius 3 is 2.35 bits per heavy atom. The van der Waals surface area contributed by atoms with E-state index in [9.17, 15) is 4.39 Å². The van der Waals surface area contributed by atoms with Crippen LogP contribution in [0.1, 0.15) is 39.3 Å². The lowest BCUT2D eigenvalue weighted by Crippen LogP contribution is -2.28. The first-order chi connectivity index (χ1) is 7.95. The lowest BCUT2D eigenvalue weighted by molar-refractivity contribution is 0.584. The molecule has 0 aliphatic heterocycles. The summed E-state index contributed by atoms with van der Waals surface area (Å²) >= 11 is 0. The molecule has 0 unspecified atom stereocenters. The van der Waals surface area contributed by atoms with Crippen molar-refractivity contribution in [2.24, 2.45) is 11.7 Å². The first-order valence-electron chi connectivity index (χ1n) is 6.25. The molecule has 0 radical (unpaired) electrons. The fourth-order valence-corrected chi connectivity index (χ4v) is 1.90. The Bertz CT molecular complexity index is 361. The van der Waals surface area contributed by atoms with Gasteiger partial charge in [-0.25, -0.2) is 4.39 Å². The lowest BCUT2D eigenvalue weighted by atomic mass is 10.1. The third kappa shape index (κ3) is 3.70. The van der Waals surface area contributed by atoms with Crippen LogP contribution in [0.4, 0.5) is 10.1 Å². The van der Waals surface area contributed by atoms with Gasteiger partial charge in [-0.3, -0.25) is 0 Å². The molecule has 0 fully saturated rings. The molecule has 2 N–H and O–H groups in total. The fourth-order valence-electron chi connectivity index (χ4n) is 1.90. The van der Waals surface area contributed by atoms with Gasteiger partial charge < -0.3 is 10.6 Å². The summed E-state index contributed by atoms with van der Waals surface area (Å²) in [6.45, 7) is 9.85. The van der Waals surface area contributed by atoms with Crippen LogP contribution in [0.5, 0.6) is 0 Å². The van der Waals surface area contributed by atoms with Crippen molar-refractivity contribution in [2.75, 3.05) is 18.0 Å². The summed E-state index contributed by atoms with van der Waals surface area (Å²) in [6.07, 6.45) is 0. The zero-order valence-corrected chi connectivity index (χ0v) is 11.2. The fraction of sp³-hybridized carbons (Fsp3) is 0.571. The van der Waals surface area contributed by atoms with E-state index in [1.165, 1.54) is 0 Å². The minimum atomic E-state index is -0.178. The van der Waals surface area contributed by atoms with Crippen molar-refractivity contribution in [1.82, 2.24) is 0 Å². The molecule has 0 saturated heterocycles. The van der Waals surface area contributed by atoms with Crippen molar-refractivity contribution >= 4 is 5.69 Å². The predicted molar refractivity (Wildman–Crippen MR) is 71.7 cm³/mol. The number of rotatable bonds is 5. The number of hydrogen-bond donors (Lipinski definition) is 1. The van der Waals surface area contributed by atoms with E-state index < -0.39 is 0 Å². The van der Waals surface area contributed by atoms with E-state index in [2.05, 4.69) is 18.7 Å². The Morgan fingerprint density at radius 1 is 1.29 bits per heavy atom. The largest absolute Gasteiger partial charge is 0.369 e. The first-order valence-corrected chi connectivity index (χ1v) is 6.25. The maximum absolute atomic E-state index is 14.0. The molecule has 1 rings (SSSR count). The van der Waals surface area contributed by atoms with Gasteiger partial charge in [0.2, 0.25) is 0 Å². The Labute approximate surface area is 104 Å². The van der Waals surface area contributed by atoms with Crippen LogP contribution in [0.3, 0.4) is 0 Å². The zero-order valence-electron chi connectivity index (χ0n) is 11.2. The molecule has 1 aromatic rings. The monoisotopic (exact) mass is 238 g/mol. The van der Waals surface area contributed by atoms with Gasteiger partial charge in [-0.05, 0) is 37.5 Å². The number of halogens is 1. The zero-order chi connectivity index (χ0) is 13.0. The number of benzene rings is 1. The summed E-state index contributed by atoms with van der Waals surface area (Å²) in [6, 6.07) is 5.16. The van der Waals surface area contributed by atoms with Gasteiger partial charge in [0, 0.05) is 19.1 Å². The van der Waals surface area contributed by atoms with Crippen LogP contribution < -0.4 is 10.6 Å². The quantitative estimate of drug-likeness (QED) is 0.852. The van der Waals surface area contributed by atoms with Crippen molar-refractivity contribution in [2.45, 2.75) is 33.7 Å². The summed E-state index contributed by atoms with van der Waals surface area (Å²) < 4.78 is 14.0. The highest BCUT2D eigenvalue weighted by atomic mass is 19.1. The van der Waals surface area contributed by atoms with Crippen LogP contribution >= 0.6 is 0 Å². The van der Waals surface area contributed by atoms with Gasteiger partial charge in [-0.2, -0.15) is 0 Å². The number of nitrogens with two attached hydrogens (primary N) is 1. The van der Waals surface area contributed by atoms with Crippen molar-refractivity contribution in [1.29, 1.82) is 0 Å². The maximum atomic E-state index is 14.0. The third-order valence-corrected chi connectivity index (χ3v) is 2.81. The lowest BCUT2D eigenvalue weighted by Gasteiger charge is -2.26. The Kier molecular flexibility index (Phi) is 4.94. The minimum Gasteiger partial charge on any atom is -0.369 e. The van der Waals surface area contributed by atoms with E-state index in [-0.39, 0.29) is 11.9 Å². The smallest absolute Gasteiger partial charge is 0.146 e. The van der Waals surface area contributed by atoms with Crippen LogP contribution in [0, 0.1) is 11.7 Å². The van der Waals surface area contributed by atoms with Crippen molar-refractivity contribution in [3.05, 3.63) is 29.6 Å². The maximum Gasteiger partial charge on any atom is 0.146 e. The van der Waals surface area contributed by atoms with E-state index >= 15 is 0 Å². The highest BCUT2D eigenvalue weighted by Crippen LogP contribution is 2.23. The minimum absolute atomic E-state index is 0.126. The molecule has 3 heteroatoms. The number of nitrogens with zero attached hydrogens (tertiary/aromatic N) is 1. The molecule has 0 aliphatic carbocycles. The van der Waals surface area contributed by atoms with Gasteiger partial charge in [0.25, 0.3) is 0 Å². The van der Waals surface area contributed by atoms with Gasteiger partial charge >= 0.3 is 0 Å². The van der Waals surface area contributed by atoms with E-state index in [4.69, 9.17) is 5.73 Å². The average Bonchev–Trinajstić information content (AvgIpc) is 2.25. The molecule has 2 nitrogen and oxygen atoms in total. The molecule has 0 amide bonds. The third-order valence-electron chi connectivity index (χ3n) is 2.81. The summed E-state index contributed by atoms with van der Waals surface area (Å²) in [7, 11) is 0. The van der Waals surface area contributed by atoms with Crippen LogP contribution in [-0.4, -0.2) is 13.1 Å². The standard InChI is InChI=1S/C14H23FN2/c1-5-17(9-10(2)3)14-7-6-12(11(4)16)8-13(14)15/h6-8,10-11H,5,9,16H2,1-4H3/t11-/m1/s1. The first kappa shape index (κ1) is 14.0. The van der Waals surface area contributed by atoms with E-state index in [1.807, 2.05) is 26.0 Å². The molecule has 0 spiro atoms. The van der Waals surface area contributed by atoms with Crippen LogP contribution in [0.2, 0.25) is 0 Å². The topological polar surface area (TPSA) is 29.3 Å². The van der Waals surface area contributed by atoms with Crippen molar-refractivity contribution in [3.8, 4) is 0 Å². The highest BCUT2D eigenvalue weighted by molar-refractivity contribution is 5.49. The van der Waals surface area contributed by atoms with Gasteiger partial charge in [-0.15, -0.1) is 0 Å². The number of hydrogen-bond acceptors (Lipinski definition) is 2. The molecule has 0 aromatic heterocycles. The molecule has 1 atom stereocenters. The second-order valence-electron chi connectivity index (χ2n) is 4.93. The van der Waals surface area contributed by atoms with E-state index in [0.29, 0.717) is 11.6 Å². The Hall–Kier alpha value is -1.09. The van der Waals surface area contributed by atoms with Gasteiger partial charge in [0.05, 0.1) is 5.69 Å². The second kappa shape index (κ2) is 6.01. The summed E-state index contributed by atoms with van der Waals surface area (Å²) in [5, 5.41) is 0. The van der Waals surface area contributed by atoms with Crippen LogP contribution in [-0.2, 0) is 0 Å². The molecule has 0 heterocycles. The summed E-state index contributed by atoms with van der Waals surface area (Å²) in [4.78, 5) is 2.06. The van der Waals surface area contributed by atoms with Gasteiger partial charge in [0.1, 0.15) is 5.82 Å². The molecule has 0 bridgehead atoms. The van der Waals surface area contributed by atoms with Crippen molar-refractivity contribution in [3.63, 3.8) is 0 Å². The van der Waals surface area contributed by atoms with E-state index in [0.717, 1.165) is 18.7 Å². The van der Waals surface area contributed by atoms with Crippen molar-refractivity contribution < 1.29 is 4.39 Å². The molecule has 96 valence electrons.